The second-order valence-corrected chi connectivity index (χ2v) is 19.8. The molecule has 6 rings (SSSR count). The summed E-state index contributed by atoms with van der Waals surface area (Å²) in [5.74, 6) is 0. The molecule has 0 saturated carbocycles. The van der Waals surface area contributed by atoms with Crippen LogP contribution >= 0.6 is 0 Å². The molecular weight excluding hydrogens is 878 g/mol. The monoisotopic (exact) mass is 942 g/mol. The average molecular weight is 943 g/mol. The normalized spacial score (nSPS) is 11.7. The van der Waals surface area contributed by atoms with Crippen LogP contribution in [0.25, 0.3) is 43.8 Å². The molecule has 54 heavy (non-hydrogen) atoms. The Morgan fingerprint density at radius 1 is 0.426 bits per heavy atom. The largest absolute Gasteiger partial charge is 4.00 e. The van der Waals surface area contributed by atoms with Crippen molar-refractivity contribution in [2.45, 2.75) is 132 Å². The number of aryl methyl sites for hydroxylation is 2. The molecule has 0 nitrogen and oxygen atoms in total. The molecule has 0 saturated heterocycles. The number of hydrogen-bond donors (Lipinski definition) is 0. The van der Waals surface area contributed by atoms with Crippen molar-refractivity contribution in [1.29, 1.82) is 0 Å². The van der Waals surface area contributed by atoms with E-state index in [0.717, 1.165) is 9.52 Å². The first-order valence-corrected chi connectivity index (χ1v) is 20.8. The molecule has 0 fully saturated rings. The summed E-state index contributed by atoms with van der Waals surface area (Å²) in [7, 11) is 1.08. The zero-order chi connectivity index (χ0) is 38.1. The Labute approximate surface area is 363 Å². The maximum Gasteiger partial charge on any atom is 4.00 e. The van der Waals surface area contributed by atoms with Crippen LogP contribution in [0, 0.1) is 13.8 Å². The summed E-state index contributed by atoms with van der Waals surface area (Å²) in [4.78, 5) is 0. The van der Waals surface area contributed by atoms with Gasteiger partial charge in [0.2, 0.25) is 0 Å². The van der Waals surface area contributed by atoms with Crippen LogP contribution < -0.4 is 24.8 Å². The standard InChI is InChI=1S/2C24H29.C2H6Si.2ClH.Hf/c2*1-16-11-17-9-8-10-21(22(17)12-16)18-13-19(23(2,3)4)15-20(14-18)24(5,6)7;1-3-2;;;/h2*8-15H,1-7H3;1-2H3;2*1H;/q2*-1;;;;+4/p-2. The molecule has 4 heteroatoms. The maximum atomic E-state index is 2.39. The van der Waals surface area contributed by atoms with E-state index in [1.807, 2.05) is 0 Å². The van der Waals surface area contributed by atoms with E-state index in [1.165, 1.54) is 77.2 Å². The topological polar surface area (TPSA) is 0 Å². The molecule has 0 unspecified atom stereocenters. The molecular formula is C50H64Cl2HfSi. The first-order valence-electron chi connectivity index (χ1n) is 18.8. The maximum absolute atomic E-state index is 2.39. The van der Waals surface area contributed by atoms with Gasteiger partial charge < -0.3 is 24.8 Å². The van der Waals surface area contributed by atoms with Crippen molar-refractivity contribution in [3.05, 3.63) is 130 Å². The van der Waals surface area contributed by atoms with Gasteiger partial charge >= 0.3 is 25.8 Å². The second kappa shape index (κ2) is 19.3. The molecule has 0 aliphatic carbocycles. The minimum atomic E-state index is 0. The van der Waals surface area contributed by atoms with Crippen molar-refractivity contribution < 1.29 is 50.7 Å². The molecule has 286 valence electrons. The molecule has 6 aromatic rings. The summed E-state index contributed by atoms with van der Waals surface area (Å²) in [6.07, 6.45) is 0. The van der Waals surface area contributed by atoms with E-state index in [0.29, 0.717) is 0 Å². The summed E-state index contributed by atoms with van der Waals surface area (Å²) < 4.78 is 0. The third-order valence-corrected chi connectivity index (χ3v) is 9.74. The number of halogens is 2. The summed E-state index contributed by atoms with van der Waals surface area (Å²) in [5.41, 5.74) is 14.2. The molecule has 0 aliphatic heterocycles. The van der Waals surface area contributed by atoms with E-state index in [2.05, 4.69) is 207 Å². The van der Waals surface area contributed by atoms with E-state index in [4.69, 9.17) is 0 Å². The molecule has 0 spiro atoms. The van der Waals surface area contributed by atoms with Crippen LogP contribution in [0.3, 0.4) is 0 Å². The molecule has 0 amide bonds. The molecule has 0 heterocycles. The van der Waals surface area contributed by atoms with Gasteiger partial charge in [0.15, 0.2) is 0 Å². The van der Waals surface area contributed by atoms with Crippen LogP contribution in [0.1, 0.15) is 116 Å². The van der Waals surface area contributed by atoms with Crippen molar-refractivity contribution in [1.82, 2.24) is 0 Å². The Hall–Kier alpha value is -2.23. The van der Waals surface area contributed by atoms with Gasteiger partial charge in [-0.25, -0.2) is 0 Å². The van der Waals surface area contributed by atoms with Crippen molar-refractivity contribution in [2.24, 2.45) is 0 Å². The van der Waals surface area contributed by atoms with Crippen molar-refractivity contribution >= 4 is 31.1 Å². The average Bonchev–Trinajstić information content (AvgIpc) is 3.60. The van der Waals surface area contributed by atoms with E-state index >= 15 is 0 Å². The Morgan fingerprint density at radius 3 is 0.926 bits per heavy atom. The van der Waals surface area contributed by atoms with E-state index in [1.54, 1.807) is 0 Å². The van der Waals surface area contributed by atoms with Gasteiger partial charge in [-0.3, -0.25) is 0 Å². The Kier molecular flexibility index (Phi) is 17.8. The number of benzene rings is 4. The van der Waals surface area contributed by atoms with Crippen LogP contribution in [0.2, 0.25) is 13.1 Å². The van der Waals surface area contributed by atoms with Gasteiger partial charge in [0.1, 0.15) is 0 Å². The zero-order valence-corrected chi connectivity index (χ0v) is 42.1. The smallest absolute Gasteiger partial charge is 1.00 e. The number of rotatable bonds is 2. The predicted molar refractivity (Wildman–Crippen MR) is 232 cm³/mol. The van der Waals surface area contributed by atoms with Gasteiger partial charge in [-0.15, -0.1) is 69.1 Å². The van der Waals surface area contributed by atoms with Crippen LogP contribution in [0.5, 0.6) is 0 Å². The molecule has 2 radical (unpaired) electrons. The predicted octanol–water partition coefficient (Wildman–Crippen LogP) is 9.05. The molecule has 0 N–H and O–H groups in total. The summed E-state index contributed by atoms with van der Waals surface area (Å²) in [5, 5.41) is 5.40. The van der Waals surface area contributed by atoms with Gasteiger partial charge in [-0.2, -0.15) is 12.1 Å². The fraction of sp³-hybridized carbons (Fsp3) is 0.400. The first-order chi connectivity index (χ1) is 23.5. The van der Waals surface area contributed by atoms with Crippen LogP contribution in [0.4, 0.5) is 0 Å². The molecule has 0 atom stereocenters. The van der Waals surface area contributed by atoms with Gasteiger partial charge in [0, 0.05) is 9.52 Å². The quantitative estimate of drug-likeness (QED) is 0.120. The summed E-state index contributed by atoms with van der Waals surface area (Å²) >= 11 is 0. The van der Waals surface area contributed by atoms with Gasteiger partial charge in [-0.05, 0) is 55.0 Å². The van der Waals surface area contributed by atoms with Crippen LogP contribution in [-0.4, -0.2) is 9.52 Å². The number of hydrogen-bond acceptors (Lipinski definition) is 0. The minimum Gasteiger partial charge on any atom is -1.00 e. The van der Waals surface area contributed by atoms with Crippen molar-refractivity contribution in [3.8, 4) is 22.3 Å². The third kappa shape index (κ3) is 12.4. The van der Waals surface area contributed by atoms with E-state index < -0.39 is 0 Å². The van der Waals surface area contributed by atoms with E-state index in [-0.39, 0.29) is 72.3 Å². The van der Waals surface area contributed by atoms with Crippen LogP contribution in [-0.2, 0) is 47.5 Å². The minimum absolute atomic E-state index is 0. The molecule has 0 aromatic heterocycles. The van der Waals surface area contributed by atoms with Crippen molar-refractivity contribution in [3.63, 3.8) is 0 Å². The molecule has 0 bridgehead atoms. The Bertz CT molecular complexity index is 1880. The summed E-state index contributed by atoms with van der Waals surface area (Å²) in [6.45, 7) is 36.2. The molecule has 6 aromatic carbocycles. The fourth-order valence-electron chi connectivity index (χ4n) is 6.57. The first kappa shape index (κ1) is 49.8. The Balaban J connectivity index is 0.000000479. The third-order valence-electron chi connectivity index (χ3n) is 9.74. The van der Waals surface area contributed by atoms with Crippen LogP contribution in [0.15, 0.2) is 97.1 Å². The fourth-order valence-corrected chi connectivity index (χ4v) is 6.57. The molecule has 0 aliphatic rings. The number of fused-ring (bicyclic) bond motifs is 2. The zero-order valence-electron chi connectivity index (χ0n) is 36.0. The summed E-state index contributed by atoms with van der Waals surface area (Å²) in [6, 6.07) is 36.8. The van der Waals surface area contributed by atoms with Gasteiger partial charge in [0.05, 0.1) is 0 Å². The Morgan fingerprint density at radius 2 is 0.685 bits per heavy atom. The SMILES string of the molecule is C[Si]C.Cc1cc2c(-c3cc(C(C)(C)C)cc(C(C)(C)C)c3)cccc2[cH-]1.Cc1cc2c(-c3cc(C(C)(C)C)cc(C(C)(C)C)c3)cccc2[cH-]1.[Cl-].[Cl-].[Hf+4]. The van der Waals surface area contributed by atoms with E-state index in [9.17, 15) is 0 Å². The van der Waals surface area contributed by atoms with Crippen molar-refractivity contribution in [2.75, 3.05) is 0 Å². The second-order valence-electron chi connectivity index (χ2n) is 18.8. The van der Waals surface area contributed by atoms with Gasteiger partial charge in [-0.1, -0.05) is 170 Å². The van der Waals surface area contributed by atoms with Gasteiger partial charge in [0.25, 0.3) is 0 Å².